The van der Waals surface area contributed by atoms with Crippen LogP contribution in [0.4, 0.5) is 0 Å². The van der Waals surface area contributed by atoms with Gasteiger partial charge in [0.15, 0.2) is 17.3 Å². The molecule has 0 amide bonds. The summed E-state index contributed by atoms with van der Waals surface area (Å²) in [4.78, 5) is 14.2. The van der Waals surface area contributed by atoms with Crippen molar-refractivity contribution < 1.29 is 14.3 Å². The zero-order valence-electron chi connectivity index (χ0n) is 10.5. The molecule has 1 heterocycles. The maximum Gasteiger partial charge on any atom is 0.231 e. The van der Waals surface area contributed by atoms with Gasteiger partial charge in [0.05, 0.1) is 6.54 Å². The van der Waals surface area contributed by atoms with E-state index in [2.05, 4.69) is 4.90 Å². The highest BCUT2D eigenvalue weighted by Gasteiger charge is 2.24. The highest BCUT2D eigenvalue weighted by atomic mass is 16.7. The molecule has 2 aliphatic rings. The van der Waals surface area contributed by atoms with Crippen molar-refractivity contribution in [2.75, 3.05) is 26.9 Å². The molecule has 1 aromatic carbocycles. The molecule has 4 heteroatoms. The minimum absolute atomic E-state index is 0.136. The second-order valence-electron chi connectivity index (χ2n) is 5.13. The van der Waals surface area contributed by atoms with E-state index in [1.807, 2.05) is 7.05 Å². The predicted molar refractivity (Wildman–Crippen MR) is 67.1 cm³/mol. The number of hydrogen-bond acceptors (Lipinski definition) is 4. The van der Waals surface area contributed by atoms with Crippen molar-refractivity contribution >= 4 is 5.78 Å². The van der Waals surface area contributed by atoms with Crippen LogP contribution in [0.15, 0.2) is 18.2 Å². The van der Waals surface area contributed by atoms with Crippen LogP contribution in [0, 0.1) is 5.92 Å². The zero-order valence-corrected chi connectivity index (χ0v) is 10.5. The number of likely N-dealkylation sites (N-methyl/N-ethyl adjacent to an activating group) is 1. The molecule has 1 saturated carbocycles. The molecule has 1 fully saturated rings. The fraction of sp³-hybridized carbons (Fsp3) is 0.500. The first kappa shape index (κ1) is 11.5. The Balaban J connectivity index is 1.64. The molecule has 0 saturated heterocycles. The van der Waals surface area contributed by atoms with Crippen LogP contribution in [0.5, 0.6) is 11.5 Å². The molecule has 0 atom stereocenters. The van der Waals surface area contributed by atoms with Gasteiger partial charge in [-0.25, -0.2) is 0 Å². The van der Waals surface area contributed by atoms with Gasteiger partial charge in [0.25, 0.3) is 0 Å². The number of Topliss-reactive ketones (excluding diaryl/α,β-unsaturated/α-hetero) is 1. The van der Waals surface area contributed by atoms with Gasteiger partial charge in [0.2, 0.25) is 6.79 Å². The van der Waals surface area contributed by atoms with Crippen LogP contribution in [-0.2, 0) is 0 Å². The number of ether oxygens (including phenoxy) is 2. The second kappa shape index (κ2) is 4.61. The van der Waals surface area contributed by atoms with Crippen LogP contribution in [0.2, 0.25) is 0 Å². The van der Waals surface area contributed by atoms with Gasteiger partial charge in [-0.05, 0) is 44.0 Å². The number of nitrogens with zero attached hydrogens (tertiary/aromatic N) is 1. The predicted octanol–water partition coefficient (Wildman–Crippen LogP) is 1.94. The third-order valence-electron chi connectivity index (χ3n) is 3.37. The van der Waals surface area contributed by atoms with Crippen LogP contribution in [-0.4, -0.2) is 37.6 Å². The lowest BCUT2D eigenvalue weighted by Crippen LogP contribution is -2.27. The van der Waals surface area contributed by atoms with Gasteiger partial charge in [0, 0.05) is 12.1 Å². The Morgan fingerprint density at radius 2 is 2.11 bits per heavy atom. The summed E-state index contributed by atoms with van der Waals surface area (Å²) < 4.78 is 10.5. The molecule has 1 aliphatic carbocycles. The normalized spacial score (nSPS) is 17.2. The Kier molecular flexibility index (Phi) is 2.96. The van der Waals surface area contributed by atoms with Crippen molar-refractivity contribution in [3.63, 3.8) is 0 Å². The van der Waals surface area contributed by atoms with Gasteiger partial charge in [-0.1, -0.05) is 0 Å². The summed E-state index contributed by atoms with van der Waals surface area (Å²) in [6.07, 6.45) is 2.62. The lowest BCUT2D eigenvalue weighted by atomic mass is 10.1. The fourth-order valence-corrected chi connectivity index (χ4v) is 2.21. The van der Waals surface area contributed by atoms with Crippen molar-refractivity contribution in [3.8, 4) is 11.5 Å². The van der Waals surface area contributed by atoms with E-state index in [-0.39, 0.29) is 12.6 Å². The molecule has 0 bridgehead atoms. The summed E-state index contributed by atoms with van der Waals surface area (Å²) >= 11 is 0. The standard InChI is InChI=1S/C14H17NO3/c1-15(7-10-2-3-10)8-12(16)11-4-5-13-14(6-11)18-9-17-13/h4-6,10H,2-3,7-9H2,1H3. The van der Waals surface area contributed by atoms with Gasteiger partial charge in [-0.3, -0.25) is 9.69 Å². The minimum atomic E-state index is 0.136. The molecular weight excluding hydrogens is 230 g/mol. The largest absolute Gasteiger partial charge is 0.454 e. The third-order valence-corrected chi connectivity index (χ3v) is 3.37. The van der Waals surface area contributed by atoms with E-state index in [0.717, 1.165) is 18.2 Å². The summed E-state index contributed by atoms with van der Waals surface area (Å²) in [6.45, 7) is 1.74. The van der Waals surface area contributed by atoms with Gasteiger partial charge in [-0.2, -0.15) is 0 Å². The number of benzene rings is 1. The van der Waals surface area contributed by atoms with E-state index >= 15 is 0 Å². The van der Waals surface area contributed by atoms with Crippen LogP contribution < -0.4 is 9.47 Å². The summed E-state index contributed by atoms with van der Waals surface area (Å²) in [7, 11) is 2.00. The lowest BCUT2D eigenvalue weighted by Gasteiger charge is -2.15. The molecule has 4 nitrogen and oxygen atoms in total. The third kappa shape index (κ3) is 2.48. The minimum Gasteiger partial charge on any atom is -0.454 e. The first-order chi connectivity index (χ1) is 8.72. The number of carbonyl (C=O) groups is 1. The summed E-state index contributed by atoms with van der Waals surface area (Å²) in [5.74, 6) is 2.33. The average molecular weight is 247 g/mol. The molecule has 0 N–H and O–H groups in total. The van der Waals surface area contributed by atoms with E-state index < -0.39 is 0 Å². The van der Waals surface area contributed by atoms with Crippen molar-refractivity contribution in [3.05, 3.63) is 23.8 Å². The summed E-state index contributed by atoms with van der Waals surface area (Å²) in [6, 6.07) is 5.38. The molecule has 96 valence electrons. The van der Waals surface area contributed by atoms with Gasteiger partial charge in [-0.15, -0.1) is 0 Å². The molecule has 0 radical (unpaired) electrons. The first-order valence-corrected chi connectivity index (χ1v) is 6.34. The van der Waals surface area contributed by atoms with Gasteiger partial charge >= 0.3 is 0 Å². The van der Waals surface area contributed by atoms with Gasteiger partial charge in [0.1, 0.15) is 0 Å². The molecule has 1 aromatic rings. The first-order valence-electron chi connectivity index (χ1n) is 6.34. The summed E-state index contributed by atoms with van der Waals surface area (Å²) in [5, 5.41) is 0. The molecule has 0 spiro atoms. The van der Waals surface area contributed by atoms with Crippen LogP contribution in [0.25, 0.3) is 0 Å². The molecule has 0 unspecified atom stereocenters. The fourth-order valence-electron chi connectivity index (χ4n) is 2.21. The maximum atomic E-state index is 12.1. The Morgan fingerprint density at radius 3 is 2.89 bits per heavy atom. The number of rotatable bonds is 5. The average Bonchev–Trinajstić information content (AvgIpc) is 3.03. The quantitative estimate of drug-likeness (QED) is 0.745. The summed E-state index contributed by atoms with van der Waals surface area (Å²) in [5.41, 5.74) is 0.696. The van der Waals surface area contributed by atoms with Crippen LogP contribution >= 0.6 is 0 Å². The number of hydrogen-bond donors (Lipinski definition) is 0. The topological polar surface area (TPSA) is 38.8 Å². The highest BCUT2D eigenvalue weighted by molar-refractivity contribution is 5.98. The molecule has 18 heavy (non-hydrogen) atoms. The van der Waals surface area contributed by atoms with Crippen molar-refractivity contribution in [2.24, 2.45) is 5.92 Å². The van der Waals surface area contributed by atoms with E-state index in [1.165, 1.54) is 12.8 Å². The van der Waals surface area contributed by atoms with E-state index in [0.29, 0.717) is 17.9 Å². The lowest BCUT2D eigenvalue weighted by molar-refractivity contribution is 0.0943. The van der Waals surface area contributed by atoms with E-state index in [4.69, 9.17) is 9.47 Å². The Hall–Kier alpha value is -1.55. The Morgan fingerprint density at radius 1 is 1.33 bits per heavy atom. The Bertz CT molecular complexity index is 468. The highest BCUT2D eigenvalue weighted by Crippen LogP contribution is 2.33. The number of fused-ring (bicyclic) bond motifs is 1. The SMILES string of the molecule is CN(CC(=O)c1ccc2c(c1)OCO2)CC1CC1. The van der Waals surface area contributed by atoms with Crippen LogP contribution in [0.1, 0.15) is 23.2 Å². The second-order valence-corrected chi connectivity index (χ2v) is 5.13. The van der Waals surface area contributed by atoms with Gasteiger partial charge < -0.3 is 9.47 Å². The van der Waals surface area contributed by atoms with Crippen molar-refractivity contribution in [1.29, 1.82) is 0 Å². The Labute approximate surface area is 106 Å². The smallest absolute Gasteiger partial charge is 0.231 e. The molecular formula is C14H17NO3. The molecule has 0 aromatic heterocycles. The maximum absolute atomic E-state index is 12.1. The zero-order chi connectivity index (χ0) is 12.5. The van der Waals surface area contributed by atoms with Crippen molar-refractivity contribution in [2.45, 2.75) is 12.8 Å². The van der Waals surface area contributed by atoms with E-state index in [1.54, 1.807) is 18.2 Å². The van der Waals surface area contributed by atoms with Crippen molar-refractivity contribution in [1.82, 2.24) is 4.90 Å². The van der Waals surface area contributed by atoms with E-state index in [9.17, 15) is 4.79 Å². The van der Waals surface area contributed by atoms with Crippen LogP contribution in [0.3, 0.4) is 0 Å². The monoisotopic (exact) mass is 247 g/mol. The molecule has 1 aliphatic heterocycles. The number of ketones is 1. The molecule has 3 rings (SSSR count). The number of carbonyl (C=O) groups excluding carboxylic acids is 1.